The Balaban J connectivity index is -0.000000173. The quantitative estimate of drug-likeness (QED) is 0.0419. The van der Waals surface area contributed by atoms with E-state index in [9.17, 15) is 0 Å². The molecule has 0 radical (unpaired) electrons. The minimum Gasteiger partial charge on any atom is -0.377 e. The Morgan fingerprint density at radius 3 is 0.500 bits per heavy atom. The van der Waals surface area contributed by atoms with Gasteiger partial charge in [0.05, 0.1) is 0 Å². The van der Waals surface area contributed by atoms with E-state index < -0.39 is 70.4 Å². The summed E-state index contributed by atoms with van der Waals surface area (Å²) in [5.74, 6) is 0. The van der Waals surface area contributed by atoms with Crippen LogP contribution in [-0.4, -0.2) is 363 Å². The van der Waals surface area contributed by atoms with E-state index in [0.29, 0.717) is 118 Å². The Labute approximate surface area is 659 Å². The third-order valence-corrected chi connectivity index (χ3v) is 38.3. The van der Waals surface area contributed by atoms with E-state index in [1.54, 1.807) is 78.2 Å². The molecule has 32 nitrogen and oxygen atoms in total. The van der Waals surface area contributed by atoms with Crippen molar-refractivity contribution < 1.29 is 106 Å². The van der Waals surface area contributed by atoms with Gasteiger partial charge in [0, 0.05) is 226 Å². The Morgan fingerprint density at radius 2 is 0.330 bits per heavy atom. The van der Waals surface area contributed by atoms with Crippen molar-refractivity contribution in [3.05, 3.63) is 0 Å². The van der Waals surface area contributed by atoms with Crippen LogP contribution in [0.15, 0.2) is 0 Å². The molecule has 40 heteroatoms. The Bertz CT molecular complexity index is 1610. The molecule has 0 aliphatic heterocycles. The molecule has 0 spiro atoms. The lowest BCUT2D eigenvalue weighted by atomic mass is 10.5. The Hall–Kier alpha value is 0.455. The van der Waals surface area contributed by atoms with E-state index >= 15 is 0 Å². The zero-order chi connectivity index (χ0) is 83.3. The zero-order valence-electron chi connectivity index (χ0n) is 73.9. The van der Waals surface area contributed by atoms with Gasteiger partial charge in [-0.15, -0.1) is 0 Å². The molecule has 0 rings (SSSR count). The molecule has 8 N–H and O–H groups in total. The summed E-state index contributed by atoms with van der Waals surface area (Å²) in [7, 11) is 15.3. The van der Waals surface area contributed by atoms with Gasteiger partial charge in [-0.3, -0.25) is 0 Å². The normalized spacial score (nSPS) is 12.2. The van der Waals surface area contributed by atoms with Gasteiger partial charge in [-0.1, -0.05) is 0 Å². The van der Waals surface area contributed by atoms with Gasteiger partial charge in [-0.2, -0.15) is 0 Å². The van der Waals surface area contributed by atoms with Crippen LogP contribution in [0.2, 0.25) is 48.4 Å². The lowest BCUT2D eigenvalue weighted by Gasteiger charge is -2.29. The number of rotatable bonds is 62. The van der Waals surface area contributed by atoms with Gasteiger partial charge in [0.1, 0.15) is 0 Å². The number of nitrogens with two attached hydrogens (primary N) is 4. The van der Waals surface area contributed by atoms with Gasteiger partial charge in [-0.25, -0.2) is 0 Å². The van der Waals surface area contributed by atoms with Crippen LogP contribution in [0.4, 0.5) is 0 Å². The first-order valence-corrected chi connectivity index (χ1v) is 53.6. The summed E-state index contributed by atoms with van der Waals surface area (Å²) in [6.45, 7) is 40.4. The van der Waals surface area contributed by atoms with Gasteiger partial charge in [0.25, 0.3) is 0 Å². The molecule has 0 aliphatic rings. The van der Waals surface area contributed by atoms with E-state index in [-0.39, 0.29) is 0 Å². The lowest BCUT2D eigenvalue weighted by molar-refractivity contribution is 0.0689. The Kier molecular flexibility index (Phi) is 94.5. The summed E-state index contributed by atoms with van der Waals surface area (Å²) in [4.78, 5) is 8.51. The second-order valence-electron chi connectivity index (χ2n) is 23.5. The Morgan fingerprint density at radius 1 is 0.179 bits per heavy atom. The van der Waals surface area contributed by atoms with Crippen molar-refractivity contribution in [3.63, 3.8) is 0 Å². The molecule has 0 aromatic heterocycles. The molecule has 0 aliphatic carbocycles. The summed E-state index contributed by atoms with van der Waals surface area (Å²) in [6.07, 6.45) is 4.76. The van der Waals surface area contributed by atoms with E-state index in [1.807, 2.05) is 118 Å². The summed E-state index contributed by atoms with van der Waals surface area (Å²) in [5, 5.41) is 0. The van der Waals surface area contributed by atoms with Gasteiger partial charge in [0.2, 0.25) is 0 Å². The molecule has 106 heavy (non-hydrogen) atoms. The van der Waals surface area contributed by atoms with Crippen LogP contribution < -0.4 is 22.9 Å². The van der Waals surface area contributed by atoms with Gasteiger partial charge in [0.15, 0.2) is 0 Å². The van der Waals surface area contributed by atoms with Gasteiger partial charge in [-0.05, 0) is 218 Å². The molecule has 0 saturated heterocycles. The van der Waals surface area contributed by atoms with Crippen molar-refractivity contribution in [2.45, 2.75) is 170 Å². The van der Waals surface area contributed by atoms with Crippen LogP contribution in [0.25, 0.3) is 0 Å². The van der Waals surface area contributed by atoms with Gasteiger partial charge < -0.3 is 149 Å². The van der Waals surface area contributed by atoms with Crippen molar-refractivity contribution in [2.75, 3.05) is 273 Å². The first-order chi connectivity index (χ1) is 50.4. The molecule has 0 unspecified atom stereocenters. The van der Waals surface area contributed by atoms with Crippen LogP contribution >= 0.6 is 0 Å². The van der Waals surface area contributed by atoms with Crippen molar-refractivity contribution in [2.24, 2.45) is 22.9 Å². The molecule has 0 saturated carbocycles. The highest BCUT2D eigenvalue weighted by molar-refractivity contribution is 6.63. The molecular formula is C66H172N8O24Si8. The SMILES string of the molecule is CCO[Si](CCCN(C)C)(OCC)OCC.CCO[Si](CCCN)(OCC)OCC.CCO[Si](CCCN)(OCC)OCC.CCO[Si](CCN(C)C)(OCC)OCC.CCO[Si](CCN)(OC)OC.CO[Si](CCCN(C)C)(OC)OC.CO[Si](CCCN)(OC)OC.CO[Si](CCN(C)C)(OC)OC. The summed E-state index contributed by atoms with van der Waals surface area (Å²) >= 11 is 0. The van der Waals surface area contributed by atoms with Crippen LogP contribution in [-0.2, 0) is 106 Å². The number of hydrogen-bond acceptors (Lipinski definition) is 32. The molecule has 0 aromatic carbocycles. The summed E-state index contributed by atoms with van der Waals surface area (Å²) < 4.78 is 131. The standard InChI is InChI=1S/C11H27NO3Si.C10H25NO3Si.2C9H23NO3Si.C8H21NO3Si.C7H19NO3Si.2C6H17NO3Si/c1-6-13-16(14-7-2,15-8-3)11-9-10-12(4)5;1-6-12-15(13-7-2,14-8-3)10-9-11(4)5;2*1-4-11-14(12-5-2,13-6-3)9-7-8-10;1-9(2)7-6-8-13(10-3,11-4)12-5;1-8(2)6-7-12(9-3,10-4)11-5;1-8-11(9-2,10-3)6-4-5-7;1-4-10-11(8-2,9-3)6-5-7/h6-11H2,1-5H3;6-10H2,1-5H3;2*4-10H2,1-3H3;6-8H2,1-5H3;6-7H2,1-5H3;2*4-7H2,1-3H3. The van der Waals surface area contributed by atoms with Crippen LogP contribution in [0, 0.1) is 0 Å². The molecule has 0 bridgehead atoms. The van der Waals surface area contributed by atoms with Crippen molar-refractivity contribution in [3.8, 4) is 0 Å². The molecule has 0 aromatic rings. The van der Waals surface area contributed by atoms with E-state index in [1.165, 1.54) is 0 Å². The highest BCUT2D eigenvalue weighted by Gasteiger charge is 2.44. The zero-order valence-corrected chi connectivity index (χ0v) is 81.9. The second-order valence-corrected chi connectivity index (χ2v) is 46.6. The molecule has 0 atom stereocenters. The summed E-state index contributed by atoms with van der Waals surface area (Å²) in [6, 6.07) is 6.55. The maximum absolute atomic E-state index is 5.77. The first kappa shape index (κ1) is 122. The topological polar surface area (TPSA) is 339 Å². The molecular weight excluding hydrogens is 1510 g/mol. The molecule has 0 heterocycles. The van der Waals surface area contributed by atoms with E-state index in [2.05, 4.69) is 47.8 Å². The van der Waals surface area contributed by atoms with Crippen LogP contribution in [0.5, 0.6) is 0 Å². The molecule has 0 fully saturated rings. The minimum atomic E-state index is -2.40. The third-order valence-electron chi connectivity index (χ3n) is 14.6. The van der Waals surface area contributed by atoms with Gasteiger partial charge >= 0.3 is 70.4 Å². The summed E-state index contributed by atoms with van der Waals surface area (Å²) in [5.41, 5.74) is 21.7. The smallest absolute Gasteiger partial charge is 0.377 e. The second kappa shape index (κ2) is 82.0. The minimum absolute atomic E-state index is 0.536. The average molecular weight is 1690 g/mol. The molecule has 0 amide bonds. The fraction of sp³-hybridized carbons (Fsp3) is 1.00. The maximum atomic E-state index is 5.77. The van der Waals surface area contributed by atoms with E-state index in [0.717, 1.165) is 101 Å². The van der Waals surface area contributed by atoms with E-state index in [4.69, 9.17) is 129 Å². The average Bonchev–Trinajstić information content (AvgIpc) is 0.896. The monoisotopic (exact) mass is 1690 g/mol. The van der Waals surface area contributed by atoms with Crippen LogP contribution in [0.1, 0.15) is 122 Å². The predicted molar refractivity (Wildman–Crippen MR) is 446 cm³/mol. The number of nitrogens with zero attached hydrogens (tertiary/aromatic N) is 4. The largest absolute Gasteiger partial charge is 0.502 e. The van der Waals surface area contributed by atoms with Crippen molar-refractivity contribution >= 4 is 70.4 Å². The predicted octanol–water partition coefficient (Wildman–Crippen LogP) is 8.02. The van der Waals surface area contributed by atoms with Crippen LogP contribution in [0.3, 0.4) is 0 Å². The highest BCUT2D eigenvalue weighted by Crippen LogP contribution is 2.22. The maximum Gasteiger partial charge on any atom is 0.502 e. The van der Waals surface area contributed by atoms with Crippen molar-refractivity contribution in [1.29, 1.82) is 0 Å². The highest BCUT2D eigenvalue weighted by atomic mass is 28.4. The van der Waals surface area contributed by atoms with Crippen molar-refractivity contribution in [1.82, 2.24) is 19.6 Å². The first-order valence-electron chi connectivity index (χ1n) is 38.1. The molecule has 652 valence electrons. The lowest BCUT2D eigenvalue weighted by Crippen LogP contribution is -2.47. The number of hydrogen-bond donors (Lipinski definition) is 4. The fourth-order valence-electron chi connectivity index (χ4n) is 9.45. The third kappa shape index (κ3) is 65.7. The fourth-order valence-corrected chi connectivity index (χ4v) is 27.1.